The Hall–Kier alpha value is -0.420. The molecular weight excluding hydrogens is 298 g/mol. The molecule has 0 radical (unpaired) electrons. The standard InChI is InChI=1S/C14H16ClNOS2/c1-18-14(6-7-14)9-16-13(10-3-2-8-17-10)11-4-5-12(15)19-11/h2-5,8,13,16H,6-7,9H2,1H3. The van der Waals surface area contributed by atoms with Crippen molar-refractivity contribution in [3.8, 4) is 0 Å². The fourth-order valence-electron chi connectivity index (χ4n) is 2.16. The van der Waals surface area contributed by atoms with Crippen molar-refractivity contribution in [3.63, 3.8) is 0 Å². The highest BCUT2D eigenvalue weighted by molar-refractivity contribution is 8.00. The Morgan fingerprint density at radius 3 is 2.84 bits per heavy atom. The van der Waals surface area contributed by atoms with E-state index in [4.69, 9.17) is 16.0 Å². The average molecular weight is 314 g/mol. The van der Waals surface area contributed by atoms with Crippen LogP contribution >= 0.6 is 34.7 Å². The van der Waals surface area contributed by atoms with Crippen LogP contribution in [0.4, 0.5) is 0 Å². The molecule has 0 aliphatic heterocycles. The van der Waals surface area contributed by atoms with Gasteiger partial charge in [-0.05, 0) is 43.4 Å². The fourth-order valence-corrected chi connectivity index (χ4v) is 4.04. The molecule has 2 nitrogen and oxygen atoms in total. The SMILES string of the molecule is CSC1(CNC(c2ccco2)c2ccc(Cl)s2)CC1. The molecule has 102 valence electrons. The van der Waals surface area contributed by atoms with Crippen molar-refractivity contribution < 1.29 is 4.42 Å². The number of halogens is 1. The molecule has 0 saturated heterocycles. The summed E-state index contributed by atoms with van der Waals surface area (Å²) in [5.74, 6) is 0.954. The van der Waals surface area contributed by atoms with E-state index >= 15 is 0 Å². The Kier molecular flexibility index (Phi) is 3.94. The first kappa shape index (κ1) is 13.6. The maximum atomic E-state index is 6.05. The fraction of sp³-hybridized carbons (Fsp3) is 0.429. The second kappa shape index (κ2) is 5.52. The number of thiophene rings is 1. The van der Waals surface area contributed by atoms with Crippen LogP contribution in [0.3, 0.4) is 0 Å². The number of furan rings is 1. The summed E-state index contributed by atoms with van der Waals surface area (Å²) < 4.78 is 6.83. The van der Waals surface area contributed by atoms with Crippen molar-refractivity contribution in [2.45, 2.75) is 23.6 Å². The van der Waals surface area contributed by atoms with Crippen molar-refractivity contribution in [1.82, 2.24) is 5.32 Å². The van der Waals surface area contributed by atoms with Gasteiger partial charge in [0.05, 0.1) is 10.6 Å². The average Bonchev–Trinajstić information content (AvgIpc) is 2.80. The lowest BCUT2D eigenvalue weighted by Crippen LogP contribution is -2.30. The van der Waals surface area contributed by atoms with Crippen molar-refractivity contribution in [2.24, 2.45) is 0 Å². The van der Waals surface area contributed by atoms with Gasteiger partial charge in [0.1, 0.15) is 11.8 Å². The first-order valence-corrected chi connectivity index (χ1v) is 8.71. The van der Waals surface area contributed by atoms with Crippen LogP contribution in [-0.4, -0.2) is 17.5 Å². The first-order valence-electron chi connectivity index (χ1n) is 6.30. The van der Waals surface area contributed by atoms with Crippen LogP contribution in [-0.2, 0) is 0 Å². The third kappa shape index (κ3) is 3.02. The minimum absolute atomic E-state index is 0.108. The molecule has 1 saturated carbocycles. The normalized spacial score (nSPS) is 18.4. The lowest BCUT2D eigenvalue weighted by atomic mass is 10.2. The predicted molar refractivity (Wildman–Crippen MR) is 83.4 cm³/mol. The zero-order valence-corrected chi connectivity index (χ0v) is 13.1. The van der Waals surface area contributed by atoms with Gasteiger partial charge < -0.3 is 9.73 Å². The summed E-state index contributed by atoms with van der Waals surface area (Å²) in [4.78, 5) is 1.21. The topological polar surface area (TPSA) is 25.2 Å². The third-order valence-corrected chi connectivity index (χ3v) is 6.29. The lowest BCUT2D eigenvalue weighted by molar-refractivity contribution is 0.448. The maximum Gasteiger partial charge on any atom is 0.126 e. The molecule has 1 unspecified atom stereocenters. The first-order chi connectivity index (χ1) is 9.22. The van der Waals surface area contributed by atoms with Crippen LogP contribution in [0, 0.1) is 0 Å². The highest BCUT2D eigenvalue weighted by Gasteiger charge is 2.42. The molecular formula is C14H16ClNOS2. The van der Waals surface area contributed by atoms with E-state index in [1.165, 1.54) is 17.7 Å². The highest BCUT2D eigenvalue weighted by Crippen LogP contribution is 2.47. The smallest absolute Gasteiger partial charge is 0.126 e. The molecule has 0 aromatic carbocycles. The summed E-state index contributed by atoms with van der Waals surface area (Å²) in [5.41, 5.74) is 0. The molecule has 1 atom stereocenters. The van der Waals surface area contributed by atoms with Gasteiger partial charge in [-0.15, -0.1) is 11.3 Å². The van der Waals surface area contributed by atoms with E-state index in [2.05, 4.69) is 17.6 Å². The zero-order valence-electron chi connectivity index (χ0n) is 10.7. The lowest BCUT2D eigenvalue weighted by Gasteiger charge is -2.19. The Bertz CT molecular complexity index is 533. The van der Waals surface area contributed by atoms with E-state index in [0.717, 1.165) is 16.6 Å². The molecule has 1 aliphatic rings. The Labute approximate surface area is 126 Å². The molecule has 1 aliphatic carbocycles. The monoisotopic (exact) mass is 313 g/mol. The van der Waals surface area contributed by atoms with E-state index in [1.54, 1.807) is 17.6 Å². The highest BCUT2D eigenvalue weighted by atomic mass is 35.5. The summed E-state index contributed by atoms with van der Waals surface area (Å²) in [6, 6.07) is 8.08. The van der Waals surface area contributed by atoms with Gasteiger partial charge in [0.15, 0.2) is 0 Å². The van der Waals surface area contributed by atoms with Crippen LogP contribution in [0.5, 0.6) is 0 Å². The van der Waals surface area contributed by atoms with Crippen molar-refractivity contribution in [1.29, 1.82) is 0 Å². The van der Waals surface area contributed by atoms with Crippen molar-refractivity contribution in [3.05, 3.63) is 45.5 Å². The Morgan fingerprint density at radius 2 is 2.32 bits per heavy atom. The van der Waals surface area contributed by atoms with E-state index in [-0.39, 0.29) is 6.04 Å². The van der Waals surface area contributed by atoms with Crippen molar-refractivity contribution >= 4 is 34.7 Å². The zero-order chi connectivity index (χ0) is 13.3. The molecule has 1 fully saturated rings. The minimum Gasteiger partial charge on any atom is -0.467 e. The second-order valence-electron chi connectivity index (χ2n) is 4.86. The van der Waals surface area contributed by atoms with Gasteiger partial charge in [0.25, 0.3) is 0 Å². The van der Waals surface area contributed by atoms with Crippen LogP contribution in [0.1, 0.15) is 29.5 Å². The minimum atomic E-state index is 0.108. The largest absolute Gasteiger partial charge is 0.467 e. The van der Waals surface area contributed by atoms with Gasteiger partial charge in [0.2, 0.25) is 0 Å². The molecule has 2 aromatic heterocycles. The van der Waals surface area contributed by atoms with Crippen LogP contribution in [0.2, 0.25) is 4.34 Å². The maximum absolute atomic E-state index is 6.05. The van der Waals surface area contributed by atoms with Crippen molar-refractivity contribution in [2.75, 3.05) is 12.8 Å². The van der Waals surface area contributed by atoms with Gasteiger partial charge >= 0.3 is 0 Å². The van der Waals surface area contributed by atoms with Gasteiger partial charge in [-0.2, -0.15) is 11.8 Å². The molecule has 2 aromatic rings. The van der Waals surface area contributed by atoms with E-state index in [9.17, 15) is 0 Å². The molecule has 2 heterocycles. The molecule has 19 heavy (non-hydrogen) atoms. The van der Waals surface area contributed by atoms with Crippen LogP contribution in [0.25, 0.3) is 0 Å². The number of hydrogen-bond donors (Lipinski definition) is 1. The van der Waals surface area contributed by atoms with Gasteiger partial charge in [-0.25, -0.2) is 0 Å². The van der Waals surface area contributed by atoms with Crippen LogP contribution in [0.15, 0.2) is 34.9 Å². The molecule has 3 rings (SSSR count). The number of thioether (sulfide) groups is 1. The molecule has 1 N–H and O–H groups in total. The van der Waals surface area contributed by atoms with Crippen LogP contribution < -0.4 is 5.32 Å². The Morgan fingerprint density at radius 1 is 1.47 bits per heavy atom. The summed E-state index contributed by atoms with van der Waals surface area (Å²) in [7, 11) is 0. The summed E-state index contributed by atoms with van der Waals surface area (Å²) in [6.45, 7) is 1.01. The number of hydrogen-bond acceptors (Lipinski definition) is 4. The third-order valence-electron chi connectivity index (χ3n) is 3.58. The summed E-state index contributed by atoms with van der Waals surface area (Å²) >= 11 is 9.62. The predicted octanol–water partition coefficient (Wildman–Crippen LogP) is 4.57. The van der Waals surface area contributed by atoms with Gasteiger partial charge in [-0.3, -0.25) is 0 Å². The number of rotatable bonds is 6. The molecule has 0 spiro atoms. The summed E-state index contributed by atoms with van der Waals surface area (Å²) in [5, 5.41) is 3.64. The molecule has 5 heteroatoms. The molecule has 0 amide bonds. The molecule has 0 bridgehead atoms. The summed E-state index contributed by atoms with van der Waals surface area (Å²) in [6.07, 6.45) is 6.52. The van der Waals surface area contributed by atoms with E-state index in [0.29, 0.717) is 4.75 Å². The quantitative estimate of drug-likeness (QED) is 0.845. The Balaban J connectivity index is 1.77. The van der Waals surface area contributed by atoms with E-state index in [1.807, 2.05) is 30.0 Å². The second-order valence-corrected chi connectivity index (χ2v) is 7.88. The van der Waals surface area contributed by atoms with Gasteiger partial charge in [-0.1, -0.05) is 11.6 Å². The van der Waals surface area contributed by atoms with Gasteiger partial charge in [0, 0.05) is 16.2 Å². The number of nitrogens with one attached hydrogen (secondary N) is 1. The van der Waals surface area contributed by atoms with E-state index < -0.39 is 0 Å².